The van der Waals surface area contributed by atoms with Gasteiger partial charge >= 0.3 is 0 Å². The molecule has 2 aliphatic heterocycles. The molecule has 23 heavy (non-hydrogen) atoms. The predicted molar refractivity (Wildman–Crippen MR) is 88.1 cm³/mol. The Hall–Kier alpha value is -1.92. The third-order valence-corrected chi connectivity index (χ3v) is 4.17. The SMILES string of the molecule is CC.COc1cccc2c1CCNC2CN1C(=O)CC(N)C1=O. The van der Waals surface area contributed by atoms with Gasteiger partial charge in [-0.2, -0.15) is 0 Å². The molecule has 0 radical (unpaired) electrons. The van der Waals surface area contributed by atoms with E-state index in [1.807, 2.05) is 32.0 Å². The minimum absolute atomic E-state index is 0.0675. The van der Waals surface area contributed by atoms with Crippen molar-refractivity contribution in [2.24, 2.45) is 5.73 Å². The minimum atomic E-state index is -0.689. The molecule has 0 aliphatic carbocycles. The van der Waals surface area contributed by atoms with Crippen molar-refractivity contribution in [3.8, 4) is 5.75 Å². The van der Waals surface area contributed by atoms with Gasteiger partial charge in [0.05, 0.1) is 25.6 Å². The molecule has 0 aromatic heterocycles. The summed E-state index contributed by atoms with van der Waals surface area (Å²) in [6, 6.07) is 5.12. The summed E-state index contributed by atoms with van der Waals surface area (Å²) >= 11 is 0. The fraction of sp³-hybridized carbons (Fsp3) is 0.529. The molecule has 2 heterocycles. The third kappa shape index (κ3) is 3.38. The average molecular weight is 319 g/mol. The van der Waals surface area contributed by atoms with Gasteiger partial charge in [-0.25, -0.2) is 0 Å². The molecule has 126 valence electrons. The number of rotatable bonds is 3. The lowest BCUT2D eigenvalue weighted by molar-refractivity contribution is -0.139. The highest BCUT2D eigenvalue weighted by molar-refractivity contribution is 6.05. The van der Waals surface area contributed by atoms with Crippen molar-refractivity contribution in [2.45, 2.75) is 38.8 Å². The van der Waals surface area contributed by atoms with E-state index < -0.39 is 6.04 Å². The van der Waals surface area contributed by atoms with Crippen LogP contribution in [0.3, 0.4) is 0 Å². The molecule has 1 saturated heterocycles. The molecule has 0 saturated carbocycles. The summed E-state index contributed by atoms with van der Waals surface area (Å²) in [6.07, 6.45) is 0.980. The topological polar surface area (TPSA) is 84.7 Å². The molecule has 0 spiro atoms. The standard InChI is InChI=1S/C15H19N3O3.C2H6/c1-21-13-4-2-3-9-10(13)5-6-17-12(9)8-18-14(19)7-11(16)15(18)20;1-2/h2-4,11-12,17H,5-8,16H2,1H3;1-2H3. The number of amides is 2. The normalized spacial score (nSPS) is 23.2. The molecule has 1 fully saturated rings. The second-order valence-electron chi connectivity index (χ2n) is 5.44. The van der Waals surface area contributed by atoms with E-state index in [-0.39, 0.29) is 24.3 Å². The smallest absolute Gasteiger partial charge is 0.246 e. The largest absolute Gasteiger partial charge is 0.496 e. The van der Waals surface area contributed by atoms with Crippen LogP contribution in [0, 0.1) is 0 Å². The summed E-state index contributed by atoms with van der Waals surface area (Å²) in [6.45, 7) is 5.12. The van der Waals surface area contributed by atoms with E-state index in [9.17, 15) is 9.59 Å². The Bertz CT molecular complexity index is 588. The molecule has 2 aliphatic rings. The number of benzene rings is 1. The lowest BCUT2D eigenvalue weighted by Gasteiger charge is -2.30. The summed E-state index contributed by atoms with van der Waals surface area (Å²) in [5.74, 6) is 0.385. The first-order valence-corrected chi connectivity index (χ1v) is 8.10. The van der Waals surface area contributed by atoms with E-state index in [1.54, 1.807) is 7.11 Å². The lowest BCUT2D eigenvalue weighted by Crippen LogP contribution is -2.43. The van der Waals surface area contributed by atoms with Crippen molar-refractivity contribution >= 4 is 11.8 Å². The van der Waals surface area contributed by atoms with E-state index >= 15 is 0 Å². The summed E-state index contributed by atoms with van der Waals surface area (Å²) < 4.78 is 5.39. The van der Waals surface area contributed by atoms with Crippen molar-refractivity contribution < 1.29 is 14.3 Å². The van der Waals surface area contributed by atoms with Crippen molar-refractivity contribution in [1.29, 1.82) is 0 Å². The summed E-state index contributed by atoms with van der Waals surface area (Å²) in [5.41, 5.74) is 7.88. The van der Waals surface area contributed by atoms with Gasteiger partial charge in [0.25, 0.3) is 0 Å². The monoisotopic (exact) mass is 319 g/mol. The first-order valence-electron chi connectivity index (χ1n) is 8.10. The van der Waals surface area contributed by atoms with Gasteiger partial charge in [-0.1, -0.05) is 26.0 Å². The lowest BCUT2D eigenvalue weighted by atomic mass is 9.93. The number of methoxy groups -OCH3 is 1. The van der Waals surface area contributed by atoms with E-state index in [0.717, 1.165) is 29.8 Å². The van der Waals surface area contributed by atoms with Gasteiger partial charge in [-0.3, -0.25) is 14.5 Å². The molecular formula is C17H25N3O3. The summed E-state index contributed by atoms with van der Waals surface area (Å²) in [7, 11) is 1.65. The second kappa shape index (κ2) is 7.57. The van der Waals surface area contributed by atoms with Gasteiger partial charge < -0.3 is 15.8 Å². The number of nitrogens with one attached hydrogen (secondary N) is 1. The number of nitrogens with two attached hydrogens (primary N) is 1. The van der Waals surface area contributed by atoms with Crippen LogP contribution < -0.4 is 15.8 Å². The highest BCUT2D eigenvalue weighted by atomic mass is 16.5. The number of hydrogen-bond donors (Lipinski definition) is 2. The highest BCUT2D eigenvalue weighted by Gasteiger charge is 2.38. The number of nitrogens with zero attached hydrogens (tertiary/aromatic N) is 1. The minimum Gasteiger partial charge on any atom is -0.496 e. The fourth-order valence-electron chi connectivity index (χ4n) is 3.10. The van der Waals surface area contributed by atoms with Crippen molar-refractivity contribution in [3.05, 3.63) is 29.3 Å². The van der Waals surface area contributed by atoms with Crippen LogP contribution >= 0.6 is 0 Å². The third-order valence-electron chi connectivity index (χ3n) is 4.17. The van der Waals surface area contributed by atoms with Crippen LogP contribution in [0.5, 0.6) is 5.75 Å². The van der Waals surface area contributed by atoms with E-state index in [1.165, 1.54) is 4.90 Å². The number of carbonyl (C=O) groups is 2. The molecule has 2 amide bonds. The number of likely N-dealkylation sites (tertiary alicyclic amines) is 1. The Morgan fingerprint density at radius 1 is 1.35 bits per heavy atom. The van der Waals surface area contributed by atoms with Gasteiger partial charge in [0.2, 0.25) is 11.8 Å². The first kappa shape index (κ1) is 17.4. The molecule has 6 heteroatoms. The number of fused-ring (bicyclic) bond motifs is 1. The van der Waals surface area contributed by atoms with Crippen LogP contribution in [0.4, 0.5) is 0 Å². The Labute approximate surface area is 137 Å². The molecule has 3 N–H and O–H groups in total. The number of imide groups is 1. The Morgan fingerprint density at radius 3 is 2.70 bits per heavy atom. The van der Waals surface area contributed by atoms with Crippen LogP contribution in [-0.4, -0.2) is 43.0 Å². The molecule has 2 atom stereocenters. The summed E-state index contributed by atoms with van der Waals surface area (Å²) in [5, 5.41) is 3.37. The number of hydrogen-bond acceptors (Lipinski definition) is 5. The van der Waals surface area contributed by atoms with Gasteiger partial charge in [0.15, 0.2) is 0 Å². The van der Waals surface area contributed by atoms with Gasteiger partial charge in [-0.15, -0.1) is 0 Å². The maximum absolute atomic E-state index is 12.0. The van der Waals surface area contributed by atoms with Crippen molar-refractivity contribution in [3.63, 3.8) is 0 Å². The van der Waals surface area contributed by atoms with Crippen molar-refractivity contribution in [2.75, 3.05) is 20.2 Å². The van der Waals surface area contributed by atoms with Crippen LogP contribution in [0.15, 0.2) is 18.2 Å². The fourth-order valence-corrected chi connectivity index (χ4v) is 3.10. The molecule has 2 unspecified atom stereocenters. The molecular weight excluding hydrogens is 294 g/mol. The Balaban J connectivity index is 0.000000924. The molecule has 3 rings (SSSR count). The zero-order valence-corrected chi connectivity index (χ0v) is 14.0. The van der Waals surface area contributed by atoms with Gasteiger partial charge in [0, 0.05) is 12.1 Å². The molecule has 6 nitrogen and oxygen atoms in total. The quantitative estimate of drug-likeness (QED) is 0.812. The maximum Gasteiger partial charge on any atom is 0.246 e. The second-order valence-corrected chi connectivity index (χ2v) is 5.44. The maximum atomic E-state index is 12.0. The zero-order valence-electron chi connectivity index (χ0n) is 14.0. The highest BCUT2D eigenvalue weighted by Crippen LogP contribution is 2.31. The average Bonchev–Trinajstić information content (AvgIpc) is 2.82. The van der Waals surface area contributed by atoms with Crippen LogP contribution in [0.25, 0.3) is 0 Å². The molecule has 1 aromatic rings. The van der Waals surface area contributed by atoms with Crippen molar-refractivity contribution in [1.82, 2.24) is 10.2 Å². The number of carbonyl (C=O) groups excluding carboxylic acids is 2. The Morgan fingerprint density at radius 2 is 2.09 bits per heavy atom. The predicted octanol–water partition coefficient (Wildman–Crippen LogP) is 0.994. The van der Waals surface area contributed by atoms with Gasteiger partial charge in [-0.05, 0) is 24.6 Å². The van der Waals surface area contributed by atoms with Crippen LogP contribution in [-0.2, 0) is 16.0 Å². The van der Waals surface area contributed by atoms with E-state index in [4.69, 9.17) is 10.5 Å². The van der Waals surface area contributed by atoms with Crippen LogP contribution in [0.2, 0.25) is 0 Å². The number of ether oxygens (including phenoxy) is 1. The molecule has 1 aromatic carbocycles. The van der Waals surface area contributed by atoms with Crippen LogP contribution in [0.1, 0.15) is 37.4 Å². The van der Waals surface area contributed by atoms with E-state index in [2.05, 4.69) is 5.32 Å². The summed E-state index contributed by atoms with van der Waals surface area (Å²) in [4.78, 5) is 25.1. The Kier molecular flexibility index (Phi) is 5.74. The zero-order chi connectivity index (χ0) is 17.0. The van der Waals surface area contributed by atoms with E-state index in [0.29, 0.717) is 6.54 Å². The first-order chi connectivity index (χ1) is 11.1. The molecule has 0 bridgehead atoms. The van der Waals surface area contributed by atoms with Gasteiger partial charge in [0.1, 0.15) is 5.75 Å².